The minimum atomic E-state index is -1.31. The highest BCUT2D eigenvalue weighted by atomic mass is 16.6. The molecule has 0 aromatic heterocycles. The van der Waals surface area contributed by atoms with Gasteiger partial charge in [-0.2, -0.15) is 0 Å². The zero-order valence-corrected chi connectivity index (χ0v) is 49.8. The highest BCUT2D eigenvalue weighted by Crippen LogP contribution is 2.50. The monoisotopic (exact) mass is 1200 g/mol. The number of esters is 2. The summed E-state index contributed by atoms with van der Waals surface area (Å²) >= 11 is 0. The van der Waals surface area contributed by atoms with E-state index in [4.69, 9.17) is 47.4 Å². The Morgan fingerprint density at radius 2 is 0.722 bits per heavy atom. The molecule has 454 valence electrons. The summed E-state index contributed by atoms with van der Waals surface area (Å²) < 4.78 is 67.7. The molecule has 0 radical (unpaired) electrons. The largest absolute Gasteiger partial charge is 0.489 e. The first-order chi connectivity index (χ1) is 44.3. The summed E-state index contributed by atoms with van der Waals surface area (Å²) in [6.45, 7) is 2.40. The number of hydrogen-bond acceptors (Lipinski definition) is 13. The van der Waals surface area contributed by atoms with Gasteiger partial charge < -0.3 is 47.4 Å². The van der Waals surface area contributed by atoms with E-state index < -0.39 is 48.2 Å². The molecule has 10 aromatic rings. The Balaban J connectivity index is 1.06. The number of Topliss-reactive ketones (excluding diaryl/α,β-unsaturated/α-hetero) is 1. The Kier molecular flexibility index (Phi) is 21.4. The van der Waals surface area contributed by atoms with Crippen molar-refractivity contribution in [2.24, 2.45) is 0 Å². The third kappa shape index (κ3) is 16.8. The van der Waals surface area contributed by atoms with Crippen LogP contribution in [0.5, 0.6) is 28.7 Å². The van der Waals surface area contributed by atoms with Crippen molar-refractivity contribution >= 4 is 17.7 Å². The van der Waals surface area contributed by atoms with Crippen LogP contribution in [-0.4, -0.2) is 48.7 Å². The highest BCUT2D eigenvalue weighted by Gasteiger charge is 2.51. The minimum Gasteiger partial charge on any atom is -0.489 e. The Morgan fingerprint density at radius 3 is 1.13 bits per heavy atom. The van der Waals surface area contributed by atoms with Crippen molar-refractivity contribution in [3.63, 3.8) is 0 Å². The van der Waals surface area contributed by atoms with E-state index >= 15 is 4.79 Å². The number of rotatable bonds is 28. The van der Waals surface area contributed by atoms with Crippen LogP contribution in [0.3, 0.4) is 0 Å². The van der Waals surface area contributed by atoms with E-state index in [1.807, 2.05) is 212 Å². The molecule has 0 N–H and O–H groups in total. The zero-order valence-electron chi connectivity index (χ0n) is 49.8. The van der Waals surface area contributed by atoms with E-state index in [1.165, 1.54) is 13.0 Å². The van der Waals surface area contributed by atoms with Crippen LogP contribution in [0.4, 0.5) is 0 Å². The van der Waals surface area contributed by atoms with Crippen LogP contribution < -0.4 is 23.7 Å². The van der Waals surface area contributed by atoms with Gasteiger partial charge in [0.15, 0.2) is 11.5 Å². The van der Waals surface area contributed by atoms with Crippen LogP contribution in [0.1, 0.15) is 88.6 Å². The molecule has 13 nitrogen and oxygen atoms in total. The molecule has 1 saturated heterocycles. The molecule has 0 saturated carbocycles. The summed E-state index contributed by atoms with van der Waals surface area (Å²) in [5.74, 6) is -1.80. The Labute approximate surface area is 524 Å². The molecule has 0 aliphatic carbocycles. The quantitative estimate of drug-likeness (QED) is 0.0261. The van der Waals surface area contributed by atoms with Crippen LogP contribution in [0.2, 0.25) is 0 Å². The zero-order chi connectivity index (χ0) is 61.7. The lowest BCUT2D eigenvalue weighted by molar-refractivity contribution is -0.275. The SMILES string of the molecule is CC(=O)c1c(OC(=O)c2ccc(OCc3ccccc3)cc2)cc(OCc2ccccc2)c([C@@H]2O[C@H](COCc3ccccc3)[C@@H](OCc3ccccc3)[C@H](OCc3ccccc3)[C@H]2OCc2ccccc2)c1OC(=O)c1ccc(OCc2ccccc2)cc1. The van der Waals surface area contributed by atoms with Crippen LogP contribution >= 0.6 is 0 Å². The lowest BCUT2D eigenvalue weighted by Crippen LogP contribution is -2.58. The maximum atomic E-state index is 15.2. The molecule has 0 spiro atoms. The normalized spacial score (nSPS) is 16.1. The molecule has 0 bridgehead atoms. The van der Waals surface area contributed by atoms with Gasteiger partial charge in [-0.1, -0.05) is 212 Å². The molecule has 1 aliphatic rings. The van der Waals surface area contributed by atoms with Gasteiger partial charge in [-0.3, -0.25) is 4.79 Å². The van der Waals surface area contributed by atoms with Crippen molar-refractivity contribution in [1.82, 2.24) is 0 Å². The van der Waals surface area contributed by atoms with Gasteiger partial charge in [0.1, 0.15) is 78.9 Å². The summed E-state index contributed by atoms with van der Waals surface area (Å²) in [5, 5.41) is 0. The molecule has 13 heteroatoms. The van der Waals surface area contributed by atoms with Crippen LogP contribution in [-0.2, 0) is 69.9 Å². The van der Waals surface area contributed by atoms with Crippen LogP contribution in [0.25, 0.3) is 0 Å². The smallest absolute Gasteiger partial charge is 0.343 e. The molecule has 0 amide bonds. The van der Waals surface area contributed by atoms with Crippen molar-refractivity contribution in [2.45, 2.75) is 83.7 Å². The van der Waals surface area contributed by atoms with E-state index in [9.17, 15) is 9.59 Å². The average molecular weight is 1200 g/mol. The summed E-state index contributed by atoms with van der Waals surface area (Å²) in [4.78, 5) is 44.7. The van der Waals surface area contributed by atoms with Gasteiger partial charge in [-0.25, -0.2) is 9.59 Å². The number of benzene rings is 10. The van der Waals surface area contributed by atoms with E-state index in [-0.39, 0.29) is 79.1 Å². The Bertz CT molecular complexity index is 3860. The van der Waals surface area contributed by atoms with Gasteiger partial charge in [0, 0.05) is 6.07 Å². The van der Waals surface area contributed by atoms with Crippen LogP contribution in [0, 0.1) is 0 Å². The minimum absolute atomic E-state index is 0.0270. The Hall–Kier alpha value is -9.99. The number of ketones is 1. The summed E-state index contributed by atoms with van der Waals surface area (Å²) in [6, 6.07) is 82.3. The molecular formula is C77H68O13. The van der Waals surface area contributed by atoms with E-state index in [2.05, 4.69) is 0 Å². The fraction of sp³-hybridized carbons (Fsp3) is 0.182. The molecule has 10 aromatic carbocycles. The maximum Gasteiger partial charge on any atom is 0.343 e. The number of hydrogen-bond donors (Lipinski definition) is 0. The molecule has 11 rings (SSSR count). The summed E-state index contributed by atoms with van der Waals surface area (Å²) in [7, 11) is 0. The fourth-order valence-corrected chi connectivity index (χ4v) is 10.5. The second kappa shape index (κ2) is 31.3. The molecule has 5 atom stereocenters. The van der Waals surface area contributed by atoms with E-state index in [0.29, 0.717) is 24.7 Å². The van der Waals surface area contributed by atoms with Crippen molar-refractivity contribution in [2.75, 3.05) is 6.61 Å². The third-order valence-electron chi connectivity index (χ3n) is 15.1. The van der Waals surface area contributed by atoms with Gasteiger partial charge in [0.05, 0.1) is 49.7 Å². The van der Waals surface area contributed by atoms with Crippen molar-refractivity contribution in [1.29, 1.82) is 0 Å². The topological polar surface area (TPSA) is 144 Å². The van der Waals surface area contributed by atoms with Gasteiger partial charge in [-0.15, -0.1) is 0 Å². The second-order valence-electron chi connectivity index (χ2n) is 21.6. The predicted molar refractivity (Wildman–Crippen MR) is 340 cm³/mol. The van der Waals surface area contributed by atoms with Crippen molar-refractivity contribution < 1.29 is 61.8 Å². The summed E-state index contributed by atoms with van der Waals surface area (Å²) in [5.41, 5.74) is 6.33. The first-order valence-electron chi connectivity index (χ1n) is 29.9. The average Bonchev–Trinajstić information content (AvgIpc) is 0.782. The van der Waals surface area contributed by atoms with Gasteiger partial charge in [0.2, 0.25) is 0 Å². The van der Waals surface area contributed by atoms with E-state index in [0.717, 1.165) is 38.9 Å². The molecule has 1 heterocycles. The standard InChI is InChI=1S/C77H68O13/c1-54(78)69-67(89-76(79)62-37-41-64(42-38-62)82-47-56-25-11-3-12-26-56)45-66(84-49-58-29-15-5-16-30-58)70(72(69)90-77(80)63-39-43-65(44-40-63)83-48-57-27-13-4-14-28-57)73-75(87-52-61-35-21-8-22-36-61)74(86-51-60-33-19-7-20-34-60)71(85-50-59-31-17-6-18-32-59)68(88-73)53-81-46-55-23-9-2-10-24-55/h2-45,68,71,73-75H,46-53H2,1H3/t68-,71-,73+,74+,75+/m1/s1. The molecule has 90 heavy (non-hydrogen) atoms. The first kappa shape index (κ1) is 61.6. The molecular weight excluding hydrogens is 1130 g/mol. The van der Waals surface area contributed by atoms with Gasteiger partial charge in [-0.05, 0) is 94.4 Å². The second-order valence-corrected chi connectivity index (χ2v) is 21.6. The fourth-order valence-electron chi connectivity index (χ4n) is 10.5. The van der Waals surface area contributed by atoms with E-state index in [1.54, 1.807) is 48.5 Å². The number of carbonyl (C=O) groups is 3. The lowest BCUT2D eigenvalue weighted by Gasteiger charge is -2.47. The van der Waals surface area contributed by atoms with Gasteiger partial charge in [0.25, 0.3) is 0 Å². The number of ether oxygens (including phenoxy) is 10. The van der Waals surface area contributed by atoms with Crippen molar-refractivity contribution in [3.05, 3.63) is 328 Å². The van der Waals surface area contributed by atoms with Gasteiger partial charge >= 0.3 is 11.9 Å². The molecule has 1 aliphatic heterocycles. The predicted octanol–water partition coefficient (Wildman–Crippen LogP) is 15.5. The van der Waals surface area contributed by atoms with Crippen LogP contribution in [0.15, 0.2) is 267 Å². The third-order valence-corrected chi connectivity index (χ3v) is 15.1. The highest BCUT2D eigenvalue weighted by molar-refractivity contribution is 6.04. The summed E-state index contributed by atoms with van der Waals surface area (Å²) in [6.07, 6.45) is -5.25. The lowest BCUT2D eigenvalue weighted by atomic mass is 9.88. The molecule has 0 unspecified atom stereocenters. The maximum absolute atomic E-state index is 15.2. The number of carbonyl (C=O) groups excluding carboxylic acids is 3. The Morgan fingerprint density at radius 1 is 0.367 bits per heavy atom. The van der Waals surface area contributed by atoms with Crippen molar-refractivity contribution in [3.8, 4) is 28.7 Å². The molecule has 1 fully saturated rings. The first-order valence-corrected chi connectivity index (χ1v) is 29.9.